The van der Waals surface area contributed by atoms with Crippen LogP contribution in [-0.2, 0) is 17.4 Å². The number of amides is 1. The third kappa shape index (κ3) is 7.00. The maximum Gasteiger partial charge on any atom is 0.416 e. The van der Waals surface area contributed by atoms with Gasteiger partial charge >= 0.3 is 12.1 Å². The zero-order valence-corrected chi connectivity index (χ0v) is 22.2. The maximum atomic E-state index is 14.1. The molecular weight excluding hydrogens is 540 g/mol. The third-order valence-electron chi connectivity index (χ3n) is 6.78. The zero-order chi connectivity index (χ0) is 29.7. The van der Waals surface area contributed by atoms with Crippen molar-refractivity contribution in [1.82, 2.24) is 9.88 Å². The minimum Gasteiger partial charge on any atom is -0.481 e. The number of ketones is 1. The Labute approximate surface area is 233 Å². The molecule has 2 N–H and O–H groups in total. The lowest BCUT2D eigenvalue weighted by Crippen LogP contribution is -2.26. The van der Waals surface area contributed by atoms with E-state index in [2.05, 4.69) is 5.32 Å². The predicted molar refractivity (Wildman–Crippen MR) is 146 cm³/mol. The van der Waals surface area contributed by atoms with Crippen molar-refractivity contribution in [3.05, 3.63) is 101 Å². The van der Waals surface area contributed by atoms with E-state index in [1.54, 1.807) is 24.3 Å². The van der Waals surface area contributed by atoms with Crippen molar-refractivity contribution in [2.75, 3.05) is 6.54 Å². The van der Waals surface area contributed by atoms with Gasteiger partial charge < -0.3 is 15.0 Å². The Morgan fingerprint density at radius 1 is 0.976 bits per heavy atom. The molecule has 10 heteroatoms. The molecular formula is C31H28F4N2O4. The molecule has 6 nitrogen and oxygen atoms in total. The number of hydrogen-bond acceptors (Lipinski definition) is 3. The number of hydrogen-bond donors (Lipinski definition) is 2. The largest absolute Gasteiger partial charge is 0.481 e. The Balaban J connectivity index is 1.66. The fraction of sp³-hybridized carbons (Fsp3) is 0.258. The van der Waals surface area contributed by atoms with Gasteiger partial charge in [-0.2, -0.15) is 13.2 Å². The van der Waals surface area contributed by atoms with Crippen molar-refractivity contribution in [2.45, 2.75) is 38.8 Å². The summed E-state index contributed by atoms with van der Waals surface area (Å²) in [5.74, 6) is -2.80. The highest BCUT2D eigenvalue weighted by Gasteiger charge is 2.31. The molecule has 1 amide bonds. The van der Waals surface area contributed by atoms with Gasteiger partial charge in [0, 0.05) is 29.1 Å². The molecule has 41 heavy (non-hydrogen) atoms. The summed E-state index contributed by atoms with van der Waals surface area (Å²) < 4.78 is 56.0. The van der Waals surface area contributed by atoms with Crippen LogP contribution in [-0.4, -0.2) is 33.9 Å². The van der Waals surface area contributed by atoms with E-state index < -0.39 is 35.4 Å². The first-order valence-corrected chi connectivity index (χ1v) is 13.1. The molecule has 214 valence electrons. The molecule has 0 aliphatic heterocycles. The van der Waals surface area contributed by atoms with Crippen LogP contribution in [0.1, 0.15) is 58.2 Å². The molecule has 0 saturated carbocycles. The lowest BCUT2D eigenvalue weighted by molar-refractivity contribution is -0.138. The number of carboxylic acid groups (broad SMARTS) is 1. The number of nitrogens with zero attached hydrogens (tertiary/aromatic N) is 1. The minimum atomic E-state index is -4.58. The molecule has 1 heterocycles. The number of aliphatic carboxylic acids is 1. The van der Waals surface area contributed by atoms with Gasteiger partial charge in [0.25, 0.3) is 5.91 Å². The fourth-order valence-corrected chi connectivity index (χ4v) is 4.81. The Bertz CT molecular complexity index is 1580. The van der Waals surface area contributed by atoms with Gasteiger partial charge in [0.1, 0.15) is 5.82 Å². The first-order valence-electron chi connectivity index (χ1n) is 13.1. The molecule has 1 aromatic heterocycles. The molecule has 0 saturated heterocycles. The number of fused-ring (bicyclic) bond motifs is 1. The van der Waals surface area contributed by atoms with Crippen LogP contribution in [0.25, 0.3) is 16.6 Å². The van der Waals surface area contributed by atoms with Gasteiger partial charge in [0.15, 0.2) is 5.78 Å². The van der Waals surface area contributed by atoms with Crippen LogP contribution < -0.4 is 5.32 Å². The van der Waals surface area contributed by atoms with Gasteiger partial charge in [-0.05, 0) is 73.0 Å². The molecule has 0 bridgehead atoms. The summed E-state index contributed by atoms with van der Waals surface area (Å²) in [5.41, 5.74) is 0.934. The number of carboxylic acids is 1. The molecule has 0 aliphatic rings. The van der Waals surface area contributed by atoms with Crippen LogP contribution in [0.15, 0.2) is 72.8 Å². The van der Waals surface area contributed by atoms with Gasteiger partial charge in [0.2, 0.25) is 0 Å². The smallest absolute Gasteiger partial charge is 0.416 e. The van der Waals surface area contributed by atoms with Gasteiger partial charge in [-0.25, -0.2) is 4.39 Å². The molecule has 0 radical (unpaired) electrons. The van der Waals surface area contributed by atoms with Crippen LogP contribution in [0.3, 0.4) is 0 Å². The maximum absolute atomic E-state index is 14.1. The number of nitrogens with one attached hydrogen (secondary N) is 1. The lowest BCUT2D eigenvalue weighted by atomic mass is 9.89. The second kappa shape index (κ2) is 12.4. The highest BCUT2D eigenvalue weighted by molar-refractivity contribution is 6.02. The van der Waals surface area contributed by atoms with E-state index in [0.29, 0.717) is 35.7 Å². The van der Waals surface area contributed by atoms with Crippen molar-refractivity contribution in [3.8, 4) is 5.69 Å². The summed E-state index contributed by atoms with van der Waals surface area (Å²) in [5, 5.41) is 11.6. The molecule has 0 spiro atoms. The SMILES string of the molecule is CCCC(Cc1ccc(C(=O)NCCC(=O)O)cc1)C(=O)c1cc2cc(F)ccc2n1-c1cccc(C(F)(F)F)c1. The zero-order valence-electron chi connectivity index (χ0n) is 22.2. The summed E-state index contributed by atoms with van der Waals surface area (Å²) in [7, 11) is 0. The van der Waals surface area contributed by atoms with Gasteiger partial charge in [-0.15, -0.1) is 0 Å². The van der Waals surface area contributed by atoms with E-state index in [-0.39, 0.29) is 30.1 Å². The highest BCUT2D eigenvalue weighted by atomic mass is 19.4. The van der Waals surface area contributed by atoms with Crippen LogP contribution >= 0.6 is 0 Å². The topological polar surface area (TPSA) is 88.4 Å². The number of carbonyl (C=O) groups is 3. The summed E-state index contributed by atoms with van der Waals surface area (Å²) >= 11 is 0. The number of alkyl halides is 3. The van der Waals surface area contributed by atoms with E-state index >= 15 is 0 Å². The predicted octanol–water partition coefficient (Wildman–Crippen LogP) is 6.83. The number of benzene rings is 3. The van der Waals surface area contributed by atoms with Crippen LogP contribution in [0.4, 0.5) is 17.6 Å². The Morgan fingerprint density at radius 2 is 1.71 bits per heavy atom. The number of rotatable bonds is 11. The van der Waals surface area contributed by atoms with Crippen molar-refractivity contribution in [1.29, 1.82) is 0 Å². The molecule has 3 aromatic carbocycles. The van der Waals surface area contributed by atoms with Crippen LogP contribution in [0.5, 0.6) is 0 Å². The van der Waals surface area contributed by atoms with Crippen molar-refractivity contribution >= 4 is 28.6 Å². The van der Waals surface area contributed by atoms with Crippen molar-refractivity contribution in [3.63, 3.8) is 0 Å². The van der Waals surface area contributed by atoms with E-state index in [9.17, 15) is 31.9 Å². The molecule has 1 atom stereocenters. The minimum absolute atomic E-state index is 0.00717. The average Bonchev–Trinajstić information content (AvgIpc) is 3.30. The number of aromatic nitrogens is 1. The quantitative estimate of drug-likeness (QED) is 0.153. The summed E-state index contributed by atoms with van der Waals surface area (Å²) in [6.45, 7) is 1.91. The van der Waals surface area contributed by atoms with Crippen LogP contribution in [0, 0.1) is 11.7 Å². The van der Waals surface area contributed by atoms with Gasteiger partial charge in [-0.1, -0.05) is 31.5 Å². The van der Waals surface area contributed by atoms with E-state index in [1.165, 1.54) is 41.0 Å². The van der Waals surface area contributed by atoms with Crippen molar-refractivity contribution < 1.29 is 37.1 Å². The first kappa shape index (κ1) is 29.5. The van der Waals surface area contributed by atoms with Gasteiger partial charge in [-0.3, -0.25) is 14.4 Å². The monoisotopic (exact) mass is 568 g/mol. The number of halogens is 4. The molecule has 1 unspecified atom stereocenters. The van der Waals surface area contributed by atoms with E-state index in [0.717, 1.165) is 17.7 Å². The summed E-state index contributed by atoms with van der Waals surface area (Å²) in [6, 6.07) is 16.6. The Hall–Kier alpha value is -4.47. The summed E-state index contributed by atoms with van der Waals surface area (Å²) in [6.07, 6.45) is -3.31. The molecule has 4 rings (SSSR count). The molecule has 4 aromatic rings. The van der Waals surface area contributed by atoms with Crippen LogP contribution in [0.2, 0.25) is 0 Å². The lowest BCUT2D eigenvalue weighted by Gasteiger charge is -2.18. The van der Waals surface area contributed by atoms with E-state index in [4.69, 9.17) is 5.11 Å². The molecule has 0 fully saturated rings. The second-order valence-electron chi connectivity index (χ2n) is 9.77. The first-order chi connectivity index (χ1) is 19.5. The Morgan fingerprint density at radius 3 is 2.37 bits per heavy atom. The number of Topliss-reactive ketones (excluding diaryl/α,β-unsaturated/α-hetero) is 1. The highest BCUT2D eigenvalue weighted by Crippen LogP contribution is 2.33. The second-order valence-corrected chi connectivity index (χ2v) is 9.77. The van der Waals surface area contributed by atoms with Gasteiger partial charge in [0.05, 0.1) is 23.2 Å². The summed E-state index contributed by atoms with van der Waals surface area (Å²) in [4.78, 5) is 36.9. The normalized spacial score (nSPS) is 12.3. The average molecular weight is 569 g/mol. The van der Waals surface area contributed by atoms with E-state index in [1.807, 2.05) is 6.92 Å². The number of carbonyl (C=O) groups excluding carboxylic acids is 2. The standard InChI is InChI=1S/C31H28F4N2O4/c1-2-4-21(15-19-7-9-20(10-8-19)30(41)36-14-13-28(38)39)29(40)27-17-22-16-24(32)11-12-26(22)37(27)25-6-3-5-23(18-25)31(33,34)35/h3,5-12,16-18,21H,2,4,13-15H2,1H3,(H,36,41)(H,38,39). The third-order valence-corrected chi connectivity index (χ3v) is 6.78. The fourth-order valence-electron chi connectivity index (χ4n) is 4.81. The van der Waals surface area contributed by atoms with Crippen molar-refractivity contribution in [2.24, 2.45) is 5.92 Å². The Kier molecular flexibility index (Phi) is 8.90. The molecule has 0 aliphatic carbocycles.